The minimum absolute atomic E-state index is 0.316. The van der Waals surface area contributed by atoms with E-state index in [4.69, 9.17) is 0 Å². The lowest BCUT2D eigenvalue weighted by Crippen LogP contribution is -2.18. The highest BCUT2D eigenvalue weighted by Gasteiger charge is 2.24. The van der Waals surface area contributed by atoms with Gasteiger partial charge in [-0.3, -0.25) is 0 Å². The van der Waals surface area contributed by atoms with E-state index in [9.17, 15) is 5.11 Å². The fraction of sp³-hybridized carbons (Fsp3) is 0.625. The second-order valence-electron chi connectivity index (χ2n) is 5.36. The number of rotatable bonds is 3. The molecule has 0 bridgehead atoms. The molecular formula is C16H28O. The number of aromatic hydroxyl groups is 1. The molecule has 0 amide bonds. The topological polar surface area (TPSA) is 20.2 Å². The van der Waals surface area contributed by atoms with Crippen molar-refractivity contribution in [3.63, 3.8) is 0 Å². The van der Waals surface area contributed by atoms with Crippen LogP contribution < -0.4 is 0 Å². The van der Waals surface area contributed by atoms with E-state index in [-0.39, 0.29) is 0 Å². The molecule has 0 aliphatic rings. The molecule has 98 valence electrons. The molecule has 1 unspecified atom stereocenters. The zero-order chi connectivity index (χ0) is 13.5. The van der Waals surface area contributed by atoms with Crippen LogP contribution in [0.2, 0.25) is 0 Å². The van der Waals surface area contributed by atoms with E-state index < -0.39 is 0 Å². The van der Waals surface area contributed by atoms with Gasteiger partial charge >= 0.3 is 0 Å². The van der Waals surface area contributed by atoms with Gasteiger partial charge in [0.1, 0.15) is 5.75 Å². The number of phenols is 1. The third kappa shape index (κ3) is 5.25. The fourth-order valence-electron chi connectivity index (χ4n) is 1.52. The molecule has 1 aromatic rings. The summed E-state index contributed by atoms with van der Waals surface area (Å²) in [5, 5.41) is 9.20. The molecule has 1 heteroatoms. The summed E-state index contributed by atoms with van der Waals surface area (Å²) in [5.74, 6) is 0.864. The van der Waals surface area contributed by atoms with Crippen molar-refractivity contribution >= 4 is 0 Å². The average Bonchev–Trinajstić information content (AvgIpc) is 2.30. The summed E-state index contributed by atoms with van der Waals surface area (Å²) >= 11 is 0. The molecule has 0 saturated heterocycles. The summed E-state index contributed by atoms with van der Waals surface area (Å²) in [6, 6.07) is 7.55. The molecule has 1 rings (SSSR count). The lowest BCUT2D eigenvalue weighted by molar-refractivity contribution is 0.289. The molecule has 17 heavy (non-hydrogen) atoms. The summed E-state index contributed by atoms with van der Waals surface area (Å²) in [6.45, 7) is 13.3. The van der Waals surface area contributed by atoms with Crippen molar-refractivity contribution in [1.82, 2.24) is 0 Å². The van der Waals surface area contributed by atoms with E-state index in [2.05, 4.69) is 41.5 Å². The third-order valence-electron chi connectivity index (χ3n) is 3.48. The number of hydrogen-bond donors (Lipinski definition) is 1. The van der Waals surface area contributed by atoms with Crippen LogP contribution in [0.3, 0.4) is 0 Å². The fourth-order valence-corrected chi connectivity index (χ4v) is 1.52. The first-order chi connectivity index (χ1) is 7.88. The van der Waals surface area contributed by atoms with Gasteiger partial charge in [0.25, 0.3) is 0 Å². The largest absolute Gasteiger partial charge is 0.508 e. The van der Waals surface area contributed by atoms with Crippen LogP contribution in [0.5, 0.6) is 5.75 Å². The number of hydrogen-bond acceptors (Lipinski definition) is 1. The van der Waals surface area contributed by atoms with Crippen LogP contribution in [-0.4, -0.2) is 5.11 Å². The Morgan fingerprint density at radius 2 is 1.47 bits per heavy atom. The Hall–Kier alpha value is -0.980. The van der Waals surface area contributed by atoms with Crippen molar-refractivity contribution in [2.75, 3.05) is 0 Å². The summed E-state index contributed by atoms with van der Waals surface area (Å²) in [4.78, 5) is 0. The highest BCUT2D eigenvalue weighted by molar-refractivity contribution is 5.28. The second-order valence-corrected chi connectivity index (χ2v) is 5.36. The highest BCUT2D eigenvalue weighted by atomic mass is 16.3. The molecule has 0 spiro atoms. The maximum absolute atomic E-state index is 9.20. The second kappa shape index (κ2) is 7.37. The van der Waals surface area contributed by atoms with Crippen molar-refractivity contribution in [3.05, 3.63) is 29.8 Å². The van der Waals surface area contributed by atoms with E-state index in [1.165, 1.54) is 12.0 Å². The molecule has 0 aliphatic carbocycles. The molecule has 1 N–H and O–H groups in total. The molecule has 1 aromatic carbocycles. The van der Waals surface area contributed by atoms with Gasteiger partial charge in [-0.25, -0.2) is 0 Å². The van der Waals surface area contributed by atoms with Gasteiger partial charge in [-0.1, -0.05) is 66.5 Å². The van der Waals surface area contributed by atoms with Crippen molar-refractivity contribution in [2.45, 2.75) is 60.3 Å². The van der Waals surface area contributed by atoms with Gasteiger partial charge in [0.2, 0.25) is 0 Å². The van der Waals surface area contributed by atoms with E-state index in [0.717, 1.165) is 6.42 Å². The summed E-state index contributed by atoms with van der Waals surface area (Å²) < 4.78 is 0. The maximum atomic E-state index is 9.20. The Labute approximate surface area is 107 Å². The van der Waals surface area contributed by atoms with Crippen molar-refractivity contribution in [3.8, 4) is 5.75 Å². The van der Waals surface area contributed by atoms with Crippen LogP contribution >= 0.6 is 0 Å². The van der Waals surface area contributed by atoms with Crippen LogP contribution in [0.25, 0.3) is 0 Å². The molecule has 0 fully saturated rings. The van der Waals surface area contributed by atoms with E-state index in [1.54, 1.807) is 12.1 Å². The van der Waals surface area contributed by atoms with Crippen molar-refractivity contribution in [1.29, 1.82) is 0 Å². The van der Waals surface area contributed by atoms with Crippen molar-refractivity contribution < 1.29 is 5.11 Å². The van der Waals surface area contributed by atoms with Crippen LogP contribution in [0.15, 0.2) is 24.3 Å². The number of benzene rings is 1. The first kappa shape index (κ1) is 16.0. The van der Waals surface area contributed by atoms with Crippen LogP contribution in [0, 0.1) is 5.41 Å². The summed E-state index contributed by atoms with van der Waals surface area (Å²) in [5.41, 5.74) is 1.62. The van der Waals surface area contributed by atoms with E-state index >= 15 is 0 Å². The van der Waals surface area contributed by atoms with Gasteiger partial charge in [0, 0.05) is 0 Å². The van der Waals surface area contributed by atoms with Crippen LogP contribution in [0.1, 0.15) is 65.9 Å². The lowest BCUT2D eigenvalue weighted by atomic mass is 9.74. The predicted molar refractivity (Wildman–Crippen MR) is 76.6 cm³/mol. The minimum Gasteiger partial charge on any atom is -0.508 e. The monoisotopic (exact) mass is 236 g/mol. The Bertz CT molecular complexity index is 298. The van der Waals surface area contributed by atoms with Gasteiger partial charge in [-0.2, -0.15) is 0 Å². The van der Waals surface area contributed by atoms with Gasteiger partial charge in [0.15, 0.2) is 0 Å². The first-order valence-corrected chi connectivity index (χ1v) is 6.67. The first-order valence-electron chi connectivity index (χ1n) is 6.67. The lowest BCUT2D eigenvalue weighted by Gasteiger charge is -2.31. The van der Waals surface area contributed by atoms with E-state index in [0.29, 0.717) is 17.1 Å². The molecular weight excluding hydrogens is 208 g/mol. The predicted octanol–water partition coefficient (Wildman–Crippen LogP) is 5.35. The average molecular weight is 236 g/mol. The summed E-state index contributed by atoms with van der Waals surface area (Å²) in [7, 11) is 0. The highest BCUT2D eigenvalue weighted by Crippen LogP contribution is 2.37. The Balaban J connectivity index is 0.000000770. The molecule has 1 nitrogen and oxygen atoms in total. The quantitative estimate of drug-likeness (QED) is 0.750. The zero-order valence-corrected chi connectivity index (χ0v) is 12.2. The van der Waals surface area contributed by atoms with Crippen molar-refractivity contribution in [2.24, 2.45) is 5.41 Å². The Morgan fingerprint density at radius 3 is 1.82 bits per heavy atom. The van der Waals surface area contributed by atoms with Crippen LogP contribution in [-0.2, 0) is 0 Å². The van der Waals surface area contributed by atoms with E-state index in [1.807, 2.05) is 12.1 Å². The molecule has 0 aliphatic heterocycles. The van der Waals surface area contributed by atoms with Crippen LogP contribution in [0.4, 0.5) is 0 Å². The standard InChI is InChI=1S/C13H20O.C3H8/c1-5-13(3,4)10(2)11-6-8-12(14)9-7-11;1-3-2/h6-10,14H,5H2,1-4H3;3H2,1-2H3. The van der Waals surface area contributed by atoms with Gasteiger partial charge in [-0.15, -0.1) is 0 Å². The molecule has 1 atom stereocenters. The molecule has 0 saturated carbocycles. The van der Waals surface area contributed by atoms with Gasteiger partial charge < -0.3 is 5.11 Å². The third-order valence-corrected chi connectivity index (χ3v) is 3.48. The smallest absolute Gasteiger partial charge is 0.115 e. The van der Waals surface area contributed by atoms with Gasteiger partial charge in [0.05, 0.1) is 0 Å². The SMILES string of the molecule is CCC.CCC(C)(C)C(C)c1ccc(O)cc1. The molecule has 0 aromatic heterocycles. The molecule has 0 radical (unpaired) electrons. The Morgan fingerprint density at radius 1 is 1.06 bits per heavy atom. The zero-order valence-electron chi connectivity index (χ0n) is 12.2. The summed E-state index contributed by atoms with van der Waals surface area (Å²) in [6.07, 6.45) is 2.41. The Kier molecular flexibility index (Phi) is 6.94. The number of phenolic OH excluding ortho intramolecular Hbond substituents is 1. The maximum Gasteiger partial charge on any atom is 0.115 e. The molecule has 0 heterocycles. The minimum atomic E-state index is 0.316. The van der Waals surface area contributed by atoms with Gasteiger partial charge in [-0.05, 0) is 29.0 Å². The normalized spacial score (nSPS) is 12.6.